The van der Waals surface area contributed by atoms with E-state index >= 15 is 0 Å². The molecule has 0 bridgehead atoms. The van der Waals surface area contributed by atoms with Crippen molar-refractivity contribution in [3.05, 3.63) is 71.4 Å². The molecule has 1 saturated heterocycles. The predicted molar refractivity (Wildman–Crippen MR) is 103 cm³/mol. The molecule has 132 valence electrons. The summed E-state index contributed by atoms with van der Waals surface area (Å²) in [6.45, 7) is 1.64. The Morgan fingerprint density at radius 3 is 2.42 bits per heavy atom. The zero-order valence-electron chi connectivity index (χ0n) is 14.3. The third kappa shape index (κ3) is 3.53. The lowest BCUT2D eigenvalue weighted by atomic mass is 9.89. The van der Waals surface area contributed by atoms with Crippen LogP contribution >= 0.6 is 11.3 Å². The zero-order chi connectivity index (χ0) is 17.9. The van der Waals surface area contributed by atoms with Gasteiger partial charge in [-0.15, -0.1) is 11.3 Å². The van der Waals surface area contributed by atoms with E-state index in [0.29, 0.717) is 5.56 Å². The van der Waals surface area contributed by atoms with Crippen LogP contribution in [0.3, 0.4) is 0 Å². The molecule has 0 spiro atoms. The maximum absolute atomic E-state index is 13.0. The number of thiazole rings is 1. The number of aromatic nitrogens is 1. The fourth-order valence-electron chi connectivity index (χ4n) is 3.33. The number of halogens is 1. The molecule has 0 saturated carbocycles. The van der Waals surface area contributed by atoms with Crippen LogP contribution in [0.25, 0.3) is 11.3 Å². The van der Waals surface area contributed by atoms with Crippen molar-refractivity contribution in [1.29, 1.82) is 0 Å². The first-order valence-corrected chi connectivity index (χ1v) is 9.64. The number of piperidine rings is 1. The highest BCUT2D eigenvalue weighted by molar-refractivity contribution is 7.14. The van der Waals surface area contributed by atoms with Crippen molar-refractivity contribution in [2.45, 2.75) is 12.8 Å². The molecule has 0 radical (unpaired) electrons. The van der Waals surface area contributed by atoms with Crippen LogP contribution in [0.1, 0.15) is 23.2 Å². The maximum atomic E-state index is 13.0. The minimum absolute atomic E-state index is 0.00488. The number of rotatable bonds is 4. The second-order valence-corrected chi connectivity index (χ2v) is 7.35. The molecule has 5 heteroatoms. The number of Topliss-reactive ketones (excluding diaryl/α,β-unsaturated/α-hetero) is 1. The van der Waals surface area contributed by atoms with Crippen molar-refractivity contribution in [2.75, 3.05) is 18.0 Å². The van der Waals surface area contributed by atoms with E-state index in [0.717, 1.165) is 42.3 Å². The number of ketones is 1. The van der Waals surface area contributed by atoms with E-state index in [9.17, 15) is 9.18 Å². The lowest BCUT2D eigenvalue weighted by Crippen LogP contribution is -2.36. The highest BCUT2D eigenvalue weighted by Gasteiger charge is 2.27. The molecule has 1 aliphatic heterocycles. The molecule has 1 aliphatic rings. The van der Waals surface area contributed by atoms with Crippen molar-refractivity contribution in [1.82, 2.24) is 4.98 Å². The highest BCUT2D eigenvalue weighted by atomic mass is 32.1. The van der Waals surface area contributed by atoms with E-state index in [1.807, 2.05) is 18.2 Å². The largest absolute Gasteiger partial charge is 0.348 e. The summed E-state index contributed by atoms with van der Waals surface area (Å²) < 4.78 is 13.0. The van der Waals surface area contributed by atoms with Crippen LogP contribution in [0.4, 0.5) is 9.52 Å². The molecule has 0 atom stereocenters. The summed E-state index contributed by atoms with van der Waals surface area (Å²) in [4.78, 5) is 19.6. The third-order valence-electron chi connectivity index (χ3n) is 4.83. The van der Waals surface area contributed by atoms with E-state index < -0.39 is 0 Å². The molecule has 0 amide bonds. The van der Waals surface area contributed by atoms with Crippen LogP contribution in [-0.2, 0) is 0 Å². The molecule has 0 unspecified atom stereocenters. The lowest BCUT2D eigenvalue weighted by Gasteiger charge is -2.31. The quantitative estimate of drug-likeness (QED) is 0.606. The van der Waals surface area contributed by atoms with Gasteiger partial charge in [0.2, 0.25) is 0 Å². The highest BCUT2D eigenvalue weighted by Crippen LogP contribution is 2.31. The molecule has 0 aliphatic carbocycles. The van der Waals surface area contributed by atoms with Crippen molar-refractivity contribution in [3.8, 4) is 11.3 Å². The van der Waals surface area contributed by atoms with Crippen LogP contribution < -0.4 is 4.90 Å². The molecular weight excluding hydrogens is 347 g/mol. The number of anilines is 1. The molecule has 2 aromatic carbocycles. The molecule has 3 aromatic rings. The first-order chi connectivity index (χ1) is 12.7. The number of carbonyl (C=O) groups is 1. The van der Waals surface area contributed by atoms with Gasteiger partial charge in [0.25, 0.3) is 0 Å². The predicted octanol–water partition coefficient (Wildman–Crippen LogP) is 5.05. The monoisotopic (exact) mass is 366 g/mol. The summed E-state index contributed by atoms with van der Waals surface area (Å²) >= 11 is 1.65. The van der Waals surface area contributed by atoms with Gasteiger partial charge in [-0.25, -0.2) is 9.37 Å². The fraction of sp³-hybridized carbons (Fsp3) is 0.238. The average Bonchev–Trinajstić information content (AvgIpc) is 3.19. The maximum Gasteiger partial charge on any atom is 0.185 e. The molecule has 4 rings (SSSR count). The topological polar surface area (TPSA) is 33.2 Å². The summed E-state index contributed by atoms with van der Waals surface area (Å²) in [7, 11) is 0. The van der Waals surface area contributed by atoms with E-state index in [2.05, 4.69) is 22.4 Å². The number of hydrogen-bond acceptors (Lipinski definition) is 4. The summed E-state index contributed by atoms with van der Waals surface area (Å²) in [6.07, 6.45) is 1.60. The first kappa shape index (κ1) is 16.9. The first-order valence-electron chi connectivity index (χ1n) is 8.76. The Morgan fingerprint density at radius 2 is 1.73 bits per heavy atom. The molecule has 26 heavy (non-hydrogen) atoms. The number of nitrogens with zero attached hydrogens (tertiary/aromatic N) is 2. The standard InChI is InChI=1S/C21H19FN2OS/c22-18-8-6-16(7-9-18)20(25)17-10-12-24(13-11-17)21-23-19(14-26-21)15-4-2-1-3-5-15/h1-9,14,17H,10-13H2. The minimum Gasteiger partial charge on any atom is -0.348 e. The third-order valence-corrected chi connectivity index (χ3v) is 5.73. The molecule has 1 fully saturated rings. The van der Waals surface area contributed by atoms with Crippen LogP contribution in [0.15, 0.2) is 60.0 Å². The Bertz CT molecular complexity index is 884. The van der Waals surface area contributed by atoms with Crippen LogP contribution in [-0.4, -0.2) is 23.9 Å². The van der Waals surface area contributed by atoms with Gasteiger partial charge in [-0.05, 0) is 37.1 Å². The molecule has 1 aromatic heterocycles. The number of hydrogen-bond donors (Lipinski definition) is 0. The molecule has 3 nitrogen and oxygen atoms in total. The Hall–Kier alpha value is -2.53. The SMILES string of the molecule is O=C(c1ccc(F)cc1)C1CCN(c2nc(-c3ccccc3)cs2)CC1. The normalized spacial score (nSPS) is 15.2. The van der Waals surface area contributed by atoms with E-state index in [4.69, 9.17) is 4.98 Å². The fourth-order valence-corrected chi connectivity index (χ4v) is 4.22. The van der Waals surface area contributed by atoms with Gasteiger partial charge in [0.05, 0.1) is 5.69 Å². The second kappa shape index (κ2) is 7.38. The van der Waals surface area contributed by atoms with Gasteiger partial charge in [-0.3, -0.25) is 4.79 Å². The van der Waals surface area contributed by atoms with E-state index in [1.165, 1.54) is 12.1 Å². The molecular formula is C21H19FN2OS. The Morgan fingerprint density at radius 1 is 1.04 bits per heavy atom. The zero-order valence-corrected chi connectivity index (χ0v) is 15.1. The Kier molecular flexibility index (Phi) is 4.80. The van der Waals surface area contributed by atoms with Crippen LogP contribution in [0, 0.1) is 11.7 Å². The molecule has 2 heterocycles. The summed E-state index contributed by atoms with van der Waals surface area (Å²) in [5, 5.41) is 3.09. The Labute approximate surface area is 156 Å². The van der Waals surface area contributed by atoms with Crippen molar-refractivity contribution in [2.24, 2.45) is 5.92 Å². The van der Waals surface area contributed by atoms with Gasteiger partial charge in [0.15, 0.2) is 10.9 Å². The summed E-state index contributed by atoms with van der Waals surface area (Å²) in [5.74, 6) is -0.187. The molecule has 0 N–H and O–H groups in total. The summed E-state index contributed by atoms with van der Waals surface area (Å²) in [6, 6.07) is 16.0. The van der Waals surface area contributed by atoms with Gasteiger partial charge in [-0.1, -0.05) is 30.3 Å². The van der Waals surface area contributed by atoms with Crippen molar-refractivity contribution >= 4 is 22.3 Å². The minimum atomic E-state index is -0.311. The van der Waals surface area contributed by atoms with Crippen LogP contribution in [0.2, 0.25) is 0 Å². The lowest BCUT2D eigenvalue weighted by molar-refractivity contribution is 0.0900. The number of benzene rings is 2. The second-order valence-electron chi connectivity index (χ2n) is 6.51. The van der Waals surface area contributed by atoms with E-state index in [1.54, 1.807) is 23.5 Å². The van der Waals surface area contributed by atoms with Crippen molar-refractivity contribution in [3.63, 3.8) is 0 Å². The van der Waals surface area contributed by atoms with Gasteiger partial charge >= 0.3 is 0 Å². The Balaban J connectivity index is 1.40. The summed E-state index contributed by atoms with van der Waals surface area (Å²) in [5.41, 5.74) is 2.72. The van der Waals surface area contributed by atoms with Gasteiger partial charge in [-0.2, -0.15) is 0 Å². The van der Waals surface area contributed by atoms with Gasteiger partial charge < -0.3 is 4.90 Å². The number of carbonyl (C=O) groups excluding carboxylic acids is 1. The van der Waals surface area contributed by atoms with Crippen LogP contribution in [0.5, 0.6) is 0 Å². The average molecular weight is 366 g/mol. The van der Waals surface area contributed by atoms with E-state index in [-0.39, 0.29) is 17.5 Å². The van der Waals surface area contributed by atoms with Gasteiger partial charge in [0, 0.05) is 35.5 Å². The van der Waals surface area contributed by atoms with Crippen molar-refractivity contribution < 1.29 is 9.18 Å². The van der Waals surface area contributed by atoms with Gasteiger partial charge in [0.1, 0.15) is 5.82 Å². The smallest absolute Gasteiger partial charge is 0.185 e.